The molecule has 6 heteroatoms. The molecule has 1 amide bonds. The highest BCUT2D eigenvalue weighted by atomic mass is 16.1. The molecule has 4 aromatic rings. The number of rotatable bonds is 3. The molecular formula is C22H17N5O. The first-order chi connectivity index (χ1) is 13.7. The summed E-state index contributed by atoms with van der Waals surface area (Å²) in [7, 11) is 1.81. The minimum absolute atomic E-state index is 0.154. The number of aromatic nitrogens is 3. The molecule has 2 aromatic heterocycles. The molecule has 136 valence electrons. The van der Waals surface area contributed by atoms with Crippen LogP contribution in [0.1, 0.15) is 21.5 Å². The van der Waals surface area contributed by atoms with Gasteiger partial charge in [-0.15, -0.1) is 0 Å². The Morgan fingerprint density at radius 2 is 1.89 bits per heavy atom. The van der Waals surface area contributed by atoms with Gasteiger partial charge >= 0.3 is 0 Å². The molecule has 2 aromatic carbocycles. The molecule has 0 aliphatic carbocycles. The molecule has 0 radical (unpaired) electrons. The number of benzene rings is 2. The number of hydrogen-bond donors (Lipinski definition) is 3. The zero-order chi connectivity index (χ0) is 19.3. The molecule has 2 heterocycles. The minimum Gasteiger partial charge on any atom is -0.372 e. The van der Waals surface area contributed by atoms with E-state index in [2.05, 4.69) is 37.4 Å². The number of amides is 1. The predicted molar refractivity (Wildman–Crippen MR) is 110 cm³/mol. The van der Waals surface area contributed by atoms with Crippen molar-refractivity contribution in [3.63, 3.8) is 0 Å². The zero-order valence-electron chi connectivity index (χ0n) is 15.2. The van der Waals surface area contributed by atoms with Gasteiger partial charge in [-0.1, -0.05) is 36.1 Å². The van der Waals surface area contributed by atoms with Crippen molar-refractivity contribution >= 4 is 28.4 Å². The second kappa shape index (κ2) is 7.64. The molecule has 28 heavy (non-hydrogen) atoms. The van der Waals surface area contributed by atoms with E-state index < -0.39 is 0 Å². The Labute approximate surface area is 162 Å². The van der Waals surface area contributed by atoms with Crippen molar-refractivity contribution in [2.75, 3.05) is 17.7 Å². The van der Waals surface area contributed by atoms with E-state index in [9.17, 15) is 4.79 Å². The average molecular weight is 367 g/mol. The van der Waals surface area contributed by atoms with Crippen LogP contribution in [0.25, 0.3) is 11.0 Å². The lowest BCUT2D eigenvalue weighted by molar-refractivity contribution is 0.102. The highest BCUT2D eigenvalue weighted by molar-refractivity contribution is 6.04. The fourth-order valence-corrected chi connectivity index (χ4v) is 2.86. The van der Waals surface area contributed by atoms with Gasteiger partial charge in [0.2, 0.25) is 0 Å². The van der Waals surface area contributed by atoms with Crippen LogP contribution < -0.4 is 10.6 Å². The maximum atomic E-state index is 12.3. The van der Waals surface area contributed by atoms with Crippen molar-refractivity contribution in [3.05, 3.63) is 83.8 Å². The molecule has 0 atom stereocenters. The number of H-pyrrole nitrogens is 1. The van der Waals surface area contributed by atoms with Gasteiger partial charge in [-0.2, -0.15) is 0 Å². The van der Waals surface area contributed by atoms with E-state index in [0.717, 1.165) is 28.0 Å². The number of carbonyl (C=O) groups is 1. The standard InChI is InChI=1S/C22H17N5O/c1-23-20-19-17(13-24-21(19)26-14-25-20)11-10-15-6-5-9-18(12-15)27-22(28)16-7-3-2-4-8-16/h2-9,12-14H,1H3,(H,27,28)(H2,23,24,25,26). The van der Waals surface area contributed by atoms with Crippen LogP contribution in [0.4, 0.5) is 11.5 Å². The third kappa shape index (κ3) is 3.55. The highest BCUT2D eigenvalue weighted by Gasteiger charge is 2.08. The Morgan fingerprint density at radius 1 is 1.04 bits per heavy atom. The summed E-state index contributed by atoms with van der Waals surface area (Å²) in [6.45, 7) is 0. The Morgan fingerprint density at radius 3 is 2.71 bits per heavy atom. The van der Waals surface area contributed by atoms with Crippen LogP contribution in [0.3, 0.4) is 0 Å². The molecule has 0 aliphatic heterocycles. The SMILES string of the molecule is CNc1ncnc2[nH]cc(C#Cc3cccc(NC(=O)c4ccccc4)c3)c12. The topological polar surface area (TPSA) is 82.7 Å². The molecule has 4 rings (SSSR count). The Bertz CT molecular complexity index is 1200. The van der Waals surface area contributed by atoms with Gasteiger partial charge in [0.15, 0.2) is 0 Å². The summed E-state index contributed by atoms with van der Waals surface area (Å²) >= 11 is 0. The van der Waals surface area contributed by atoms with E-state index in [1.54, 1.807) is 12.1 Å². The Hall–Kier alpha value is -4.11. The van der Waals surface area contributed by atoms with Gasteiger partial charge in [-0.05, 0) is 30.3 Å². The predicted octanol–water partition coefficient (Wildman–Crippen LogP) is 3.65. The average Bonchev–Trinajstić information content (AvgIpc) is 3.16. The van der Waals surface area contributed by atoms with Crippen molar-refractivity contribution < 1.29 is 4.79 Å². The summed E-state index contributed by atoms with van der Waals surface area (Å²) in [6, 6.07) is 16.5. The lowest BCUT2D eigenvalue weighted by Crippen LogP contribution is -2.11. The molecular weight excluding hydrogens is 350 g/mol. The lowest BCUT2D eigenvalue weighted by Gasteiger charge is -2.05. The van der Waals surface area contributed by atoms with E-state index in [1.165, 1.54) is 6.33 Å². The van der Waals surface area contributed by atoms with Crippen molar-refractivity contribution in [3.8, 4) is 11.8 Å². The molecule has 0 fully saturated rings. The largest absolute Gasteiger partial charge is 0.372 e. The number of nitrogens with one attached hydrogen (secondary N) is 3. The van der Waals surface area contributed by atoms with Gasteiger partial charge in [0, 0.05) is 30.1 Å². The van der Waals surface area contributed by atoms with Crippen molar-refractivity contribution in [2.45, 2.75) is 0 Å². The summed E-state index contributed by atoms with van der Waals surface area (Å²) in [5.41, 5.74) is 3.63. The van der Waals surface area contributed by atoms with Gasteiger partial charge in [-0.3, -0.25) is 4.79 Å². The second-order valence-electron chi connectivity index (χ2n) is 6.05. The first-order valence-electron chi connectivity index (χ1n) is 8.73. The maximum absolute atomic E-state index is 12.3. The van der Waals surface area contributed by atoms with E-state index >= 15 is 0 Å². The van der Waals surface area contributed by atoms with Gasteiger partial charge < -0.3 is 15.6 Å². The van der Waals surface area contributed by atoms with Crippen molar-refractivity contribution in [1.29, 1.82) is 0 Å². The van der Waals surface area contributed by atoms with Gasteiger partial charge in [0.25, 0.3) is 5.91 Å². The summed E-state index contributed by atoms with van der Waals surface area (Å²) in [6.07, 6.45) is 3.31. The molecule has 3 N–H and O–H groups in total. The van der Waals surface area contributed by atoms with E-state index in [0.29, 0.717) is 11.3 Å². The fraction of sp³-hybridized carbons (Fsp3) is 0.0455. The maximum Gasteiger partial charge on any atom is 0.255 e. The molecule has 0 unspecified atom stereocenters. The summed E-state index contributed by atoms with van der Waals surface area (Å²) in [4.78, 5) is 23.9. The van der Waals surface area contributed by atoms with Crippen LogP contribution in [0.2, 0.25) is 0 Å². The Balaban J connectivity index is 1.59. The van der Waals surface area contributed by atoms with E-state index in [4.69, 9.17) is 0 Å². The lowest BCUT2D eigenvalue weighted by atomic mass is 10.1. The number of fused-ring (bicyclic) bond motifs is 1. The molecule has 0 aliphatic rings. The molecule has 0 saturated heterocycles. The normalized spacial score (nSPS) is 10.2. The number of aromatic amines is 1. The van der Waals surface area contributed by atoms with E-state index in [-0.39, 0.29) is 5.91 Å². The number of hydrogen-bond acceptors (Lipinski definition) is 4. The summed E-state index contributed by atoms with van der Waals surface area (Å²) in [5, 5.41) is 6.80. The molecule has 6 nitrogen and oxygen atoms in total. The summed E-state index contributed by atoms with van der Waals surface area (Å²) in [5.74, 6) is 6.86. The van der Waals surface area contributed by atoms with Gasteiger partial charge in [-0.25, -0.2) is 9.97 Å². The smallest absolute Gasteiger partial charge is 0.255 e. The minimum atomic E-state index is -0.154. The fourth-order valence-electron chi connectivity index (χ4n) is 2.86. The van der Waals surface area contributed by atoms with Crippen LogP contribution in [0.5, 0.6) is 0 Å². The van der Waals surface area contributed by atoms with Crippen LogP contribution in [-0.2, 0) is 0 Å². The second-order valence-corrected chi connectivity index (χ2v) is 6.05. The number of nitrogens with zero attached hydrogens (tertiary/aromatic N) is 2. The van der Waals surface area contributed by atoms with Crippen LogP contribution in [0.15, 0.2) is 67.1 Å². The first kappa shape index (κ1) is 17.3. The van der Waals surface area contributed by atoms with Crippen LogP contribution in [-0.4, -0.2) is 27.9 Å². The van der Waals surface area contributed by atoms with Crippen LogP contribution in [0, 0.1) is 11.8 Å². The van der Waals surface area contributed by atoms with Crippen LogP contribution >= 0.6 is 0 Å². The van der Waals surface area contributed by atoms with Gasteiger partial charge in [0.1, 0.15) is 17.8 Å². The quantitative estimate of drug-likeness (QED) is 0.483. The van der Waals surface area contributed by atoms with E-state index in [1.807, 2.05) is 55.7 Å². The highest BCUT2D eigenvalue weighted by Crippen LogP contribution is 2.22. The third-order valence-corrected chi connectivity index (χ3v) is 4.20. The molecule has 0 bridgehead atoms. The zero-order valence-corrected chi connectivity index (χ0v) is 15.2. The Kier molecular flexibility index (Phi) is 4.72. The van der Waals surface area contributed by atoms with Gasteiger partial charge in [0.05, 0.1) is 10.9 Å². The number of carbonyl (C=O) groups excluding carboxylic acids is 1. The summed E-state index contributed by atoms with van der Waals surface area (Å²) < 4.78 is 0. The van der Waals surface area contributed by atoms with Crippen molar-refractivity contribution in [1.82, 2.24) is 15.0 Å². The molecule has 0 spiro atoms. The first-order valence-corrected chi connectivity index (χ1v) is 8.73. The molecule has 0 saturated carbocycles. The van der Waals surface area contributed by atoms with Crippen molar-refractivity contribution in [2.24, 2.45) is 0 Å². The monoisotopic (exact) mass is 367 g/mol. The number of anilines is 2. The third-order valence-electron chi connectivity index (χ3n) is 4.20.